The van der Waals surface area contributed by atoms with Crippen molar-refractivity contribution < 1.29 is 0 Å². The highest BCUT2D eigenvalue weighted by atomic mass is 32.1. The average molecular weight is 214 g/mol. The Bertz CT molecular complexity index is 521. The summed E-state index contributed by atoms with van der Waals surface area (Å²) in [6.07, 6.45) is 3.54. The SMILES string of the molecule is Cc1sc(C)c(-c2cccnc2)c1C#N. The summed E-state index contributed by atoms with van der Waals surface area (Å²) in [6.45, 7) is 4.02. The molecule has 0 N–H and O–H groups in total. The van der Waals surface area contributed by atoms with Crippen molar-refractivity contribution in [3.05, 3.63) is 39.8 Å². The van der Waals surface area contributed by atoms with Gasteiger partial charge < -0.3 is 0 Å². The lowest BCUT2D eigenvalue weighted by molar-refractivity contribution is 1.32. The standard InChI is InChI=1S/C12H10N2S/c1-8-11(6-13)12(9(2)15-8)10-4-3-5-14-7-10/h3-5,7H,1-2H3. The molecule has 0 aliphatic carbocycles. The molecule has 2 heterocycles. The summed E-state index contributed by atoms with van der Waals surface area (Å²) in [5.74, 6) is 0. The zero-order chi connectivity index (χ0) is 10.8. The van der Waals surface area contributed by atoms with Crippen LogP contribution in [0.2, 0.25) is 0 Å². The van der Waals surface area contributed by atoms with Crippen LogP contribution >= 0.6 is 11.3 Å². The molecule has 0 aliphatic heterocycles. The molecule has 0 saturated heterocycles. The van der Waals surface area contributed by atoms with E-state index in [-0.39, 0.29) is 0 Å². The smallest absolute Gasteiger partial charge is 0.101 e. The third-order valence-electron chi connectivity index (χ3n) is 2.32. The summed E-state index contributed by atoms with van der Waals surface area (Å²) in [5.41, 5.74) is 2.84. The second-order valence-electron chi connectivity index (χ2n) is 3.32. The van der Waals surface area contributed by atoms with Crippen LogP contribution in [0.25, 0.3) is 11.1 Å². The third kappa shape index (κ3) is 1.64. The molecule has 74 valence electrons. The van der Waals surface area contributed by atoms with E-state index in [4.69, 9.17) is 5.26 Å². The average Bonchev–Trinajstić information content (AvgIpc) is 2.54. The van der Waals surface area contributed by atoms with Gasteiger partial charge in [0.05, 0.1) is 5.56 Å². The molecule has 0 unspecified atom stereocenters. The van der Waals surface area contributed by atoms with Crippen LogP contribution in [-0.4, -0.2) is 4.98 Å². The van der Waals surface area contributed by atoms with Gasteiger partial charge in [-0.25, -0.2) is 0 Å². The molecule has 15 heavy (non-hydrogen) atoms. The predicted octanol–water partition coefficient (Wildman–Crippen LogP) is 3.30. The molecule has 0 radical (unpaired) electrons. The first-order valence-corrected chi connectivity index (χ1v) is 5.46. The quantitative estimate of drug-likeness (QED) is 0.730. The van der Waals surface area contributed by atoms with Crippen molar-refractivity contribution in [2.45, 2.75) is 13.8 Å². The van der Waals surface area contributed by atoms with Crippen molar-refractivity contribution >= 4 is 11.3 Å². The zero-order valence-corrected chi connectivity index (χ0v) is 9.43. The van der Waals surface area contributed by atoms with Gasteiger partial charge in [-0.15, -0.1) is 11.3 Å². The molecule has 0 bridgehead atoms. The second kappa shape index (κ2) is 3.84. The normalized spacial score (nSPS) is 9.93. The van der Waals surface area contributed by atoms with Crippen LogP contribution in [0.5, 0.6) is 0 Å². The highest BCUT2D eigenvalue weighted by molar-refractivity contribution is 7.12. The Labute approximate surface area is 92.8 Å². The fraction of sp³-hybridized carbons (Fsp3) is 0.167. The number of rotatable bonds is 1. The van der Waals surface area contributed by atoms with Gasteiger partial charge in [0.1, 0.15) is 6.07 Å². The van der Waals surface area contributed by atoms with Crippen molar-refractivity contribution in [3.63, 3.8) is 0 Å². The number of thiophene rings is 1. The summed E-state index contributed by atoms with van der Waals surface area (Å²) in [4.78, 5) is 6.34. The molecule has 2 aromatic rings. The van der Waals surface area contributed by atoms with Crippen LogP contribution in [-0.2, 0) is 0 Å². The molecule has 0 aliphatic rings. The van der Waals surface area contributed by atoms with E-state index in [0.717, 1.165) is 21.6 Å². The fourth-order valence-corrected chi connectivity index (χ4v) is 2.71. The predicted molar refractivity (Wildman–Crippen MR) is 61.7 cm³/mol. The Morgan fingerprint density at radius 1 is 1.33 bits per heavy atom. The Hall–Kier alpha value is -1.66. The van der Waals surface area contributed by atoms with Crippen LogP contribution in [0.15, 0.2) is 24.5 Å². The molecule has 0 aromatic carbocycles. The molecular weight excluding hydrogens is 204 g/mol. The first-order chi connectivity index (χ1) is 7.24. The number of aromatic nitrogens is 1. The van der Waals surface area contributed by atoms with E-state index in [1.54, 1.807) is 23.7 Å². The van der Waals surface area contributed by atoms with Gasteiger partial charge in [0.25, 0.3) is 0 Å². The van der Waals surface area contributed by atoms with Crippen molar-refractivity contribution in [2.75, 3.05) is 0 Å². The topological polar surface area (TPSA) is 36.7 Å². The maximum absolute atomic E-state index is 9.11. The summed E-state index contributed by atoms with van der Waals surface area (Å²) < 4.78 is 0. The minimum absolute atomic E-state index is 0.783. The van der Waals surface area contributed by atoms with Gasteiger partial charge in [0, 0.05) is 33.3 Å². The number of hydrogen-bond donors (Lipinski definition) is 0. The minimum Gasteiger partial charge on any atom is -0.264 e. The van der Waals surface area contributed by atoms with Crippen LogP contribution in [0.4, 0.5) is 0 Å². The Morgan fingerprint density at radius 3 is 2.73 bits per heavy atom. The number of nitriles is 1. The lowest BCUT2D eigenvalue weighted by Gasteiger charge is -1.99. The van der Waals surface area contributed by atoms with Gasteiger partial charge in [0.15, 0.2) is 0 Å². The van der Waals surface area contributed by atoms with Crippen LogP contribution in [0, 0.1) is 25.2 Å². The van der Waals surface area contributed by atoms with Crippen molar-refractivity contribution in [3.8, 4) is 17.2 Å². The number of hydrogen-bond acceptors (Lipinski definition) is 3. The van der Waals surface area contributed by atoms with Gasteiger partial charge in [0.2, 0.25) is 0 Å². The highest BCUT2D eigenvalue weighted by Crippen LogP contribution is 2.34. The van der Waals surface area contributed by atoms with Crippen LogP contribution in [0.3, 0.4) is 0 Å². The van der Waals surface area contributed by atoms with E-state index in [2.05, 4.69) is 11.1 Å². The first kappa shape index (κ1) is 9.88. The largest absolute Gasteiger partial charge is 0.264 e. The molecule has 0 fully saturated rings. The van der Waals surface area contributed by atoms with Gasteiger partial charge in [-0.1, -0.05) is 6.07 Å². The van der Waals surface area contributed by atoms with E-state index in [1.807, 2.05) is 26.0 Å². The number of pyridine rings is 1. The molecule has 2 aromatic heterocycles. The van der Waals surface area contributed by atoms with Crippen LogP contribution in [0.1, 0.15) is 15.3 Å². The third-order valence-corrected chi connectivity index (χ3v) is 3.34. The van der Waals surface area contributed by atoms with Gasteiger partial charge in [-0.2, -0.15) is 5.26 Å². The minimum atomic E-state index is 0.783. The van der Waals surface area contributed by atoms with Gasteiger partial charge in [-0.3, -0.25) is 4.98 Å². The molecule has 3 heteroatoms. The maximum atomic E-state index is 9.11. The van der Waals surface area contributed by atoms with Crippen molar-refractivity contribution in [1.29, 1.82) is 5.26 Å². The zero-order valence-electron chi connectivity index (χ0n) is 8.61. The summed E-state index contributed by atoms with van der Waals surface area (Å²) >= 11 is 1.66. The Morgan fingerprint density at radius 2 is 2.13 bits per heavy atom. The van der Waals surface area contributed by atoms with E-state index in [0.29, 0.717) is 0 Å². The Kier molecular flexibility index (Phi) is 2.53. The van der Waals surface area contributed by atoms with Crippen molar-refractivity contribution in [1.82, 2.24) is 4.98 Å². The molecule has 2 rings (SSSR count). The molecule has 0 atom stereocenters. The summed E-state index contributed by atoms with van der Waals surface area (Å²) in [5, 5.41) is 9.11. The van der Waals surface area contributed by atoms with Crippen LogP contribution < -0.4 is 0 Å². The fourth-order valence-electron chi connectivity index (χ4n) is 1.68. The second-order valence-corrected chi connectivity index (χ2v) is 4.75. The van der Waals surface area contributed by atoms with E-state index >= 15 is 0 Å². The highest BCUT2D eigenvalue weighted by Gasteiger charge is 2.13. The Balaban J connectivity index is 2.69. The summed E-state index contributed by atoms with van der Waals surface area (Å²) in [7, 11) is 0. The molecular formula is C12H10N2S. The summed E-state index contributed by atoms with van der Waals surface area (Å²) in [6, 6.07) is 6.15. The lowest BCUT2D eigenvalue weighted by Crippen LogP contribution is -1.83. The first-order valence-electron chi connectivity index (χ1n) is 4.64. The van der Waals surface area contributed by atoms with E-state index in [9.17, 15) is 0 Å². The molecule has 0 spiro atoms. The maximum Gasteiger partial charge on any atom is 0.101 e. The molecule has 0 amide bonds. The molecule has 0 saturated carbocycles. The van der Waals surface area contributed by atoms with E-state index in [1.165, 1.54) is 4.88 Å². The van der Waals surface area contributed by atoms with Crippen molar-refractivity contribution in [2.24, 2.45) is 0 Å². The number of aryl methyl sites for hydroxylation is 2. The van der Waals surface area contributed by atoms with Gasteiger partial charge in [-0.05, 0) is 19.9 Å². The van der Waals surface area contributed by atoms with Gasteiger partial charge >= 0.3 is 0 Å². The lowest BCUT2D eigenvalue weighted by atomic mass is 10.0. The monoisotopic (exact) mass is 214 g/mol. The molecule has 2 nitrogen and oxygen atoms in total. The number of nitrogens with zero attached hydrogens (tertiary/aromatic N) is 2. The van der Waals surface area contributed by atoms with E-state index < -0.39 is 0 Å².